The van der Waals surface area contributed by atoms with E-state index in [1.165, 1.54) is 5.75 Å². The largest absolute Gasteiger partial charge is 0.0837 e. The molecule has 1 heterocycles. The van der Waals surface area contributed by atoms with Gasteiger partial charge in [0.25, 0.3) is 0 Å². The molecule has 84 valence electrons. The van der Waals surface area contributed by atoms with E-state index < -0.39 is 0 Å². The fraction of sp³-hybridized carbons (Fsp3) is 0.250. The lowest BCUT2D eigenvalue weighted by molar-refractivity contribution is 1.25. The van der Waals surface area contributed by atoms with Crippen molar-refractivity contribution in [3.63, 3.8) is 0 Å². The Morgan fingerprint density at radius 3 is 2.53 bits per heavy atom. The van der Waals surface area contributed by atoms with E-state index in [1.807, 2.05) is 50.1 Å². The molecule has 0 bridgehead atoms. The first-order valence-electron chi connectivity index (χ1n) is 4.10. The molecule has 7 heteroatoms. The van der Waals surface area contributed by atoms with E-state index in [2.05, 4.69) is 35.8 Å². The lowest BCUT2D eigenvalue weighted by Crippen LogP contribution is -1.68. The Kier molecular flexibility index (Phi) is 11.9. The van der Waals surface area contributed by atoms with Gasteiger partial charge in [-0.15, -0.1) is 0 Å². The van der Waals surface area contributed by atoms with Crippen LogP contribution in [0.15, 0.2) is 35.8 Å². The highest BCUT2D eigenvalue weighted by molar-refractivity contribution is 9.46. The summed E-state index contributed by atoms with van der Waals surface area (Å²) in [5.74, 6) is 1.19. The molecule has 0 radical (unpaired) electrons. The molecule has 1 aliphatic heterocycles. The monoisotopic (exact) mass is 330 g/mol. The molecular formula is C8H10S7. The second-order valence-electron chi connectivity index (χ2n) is 2.19. The average molecular weight is 331 g/mol. The molecule has 1 aliphatic rings. The first-order chi connectivity index (χ1) is 7.50. The minimum absolute atomic E-state index is 1.15. The molecule has 0 nitrogen and oxygen atoms in total. The van der Waals surface area contributed by atoms with Gasteiger partial charge in [-0.25, -0.2) is 0 Å². The average Bonchev–Trinajstić information content (AvgIpc) is 2.27. The third-order valence-corrected chi connectivity index (χ3v) is 13.8. The van der Waals surface area contributed by atoms with Crippen LogP contribution in [0.2, 0.25) is 0 Å². The van der Waals surface area contributed by atoms with Crippen molar-refractivity contribution in [2.75, 3.05) is 5.75 Å². The molecule has 0 fully saturated rings. The molecule has 0 aromatic rings. The van der Waals surface area contributed by atoms with Gasteiger partial charge in [-0.3, -0.25) is 0 Å². The van der Waals surface area contributed by atoms with Crippen molar-refractivity contribution in [2.45, 2.75) is 6.42 Å². The summed E-state index contributed by atoms with van der Waals surface area (Å²) in [6.45, 7) is 0. The molecular weight excluding hydrogens is 321 g/mol. The molecule has 0 N–H and O–H groups in total. The van der Waals surface area contributed by atoms with Gasteiger partial charge in [0.2, 0.25) is 0 Å². The maximum absolute atomic E-state index is 2.21. The Labute approximate surface area is 117 Å². The van der Waals surface area contributed by atoms with Gasteiger partial charge in [0.05, 0.1) is 0 Å². The first-order valence-corrected chi connectivity index (χ1v) is 13.1. The van der Waals surface area contributed by atoms with Crippen LogP contribution in [0.25, 0.3) is 0 Å². The van der Waals surface area contributed by atoms with Crippen LogP contribution in [-0.4, -0.2) is 5.75 Å². The smallest absolute Gasteiger partial charge is 0.00801 e. The van der Waals surface area contributed by atoms with Gasteiger partial charge in [0.15, 0.2) is 0 Å². The second kappa shape index (κ2) is 12.1. The highest BCUT2D eigenvalue weighted by atomic mass is 33.9. The van der Waals surface area contributed by atoms with Crippen molar-refractivity contribution in [2.24, 2.45) is 0 Å². The number of hydrogen-bond acceptors (Lipinski definition) is 7. The van der Waals surface area contributed by atoms with Crippen molar-refractivity contribution in [1.29, 1.82) is 0 Å². The van der Waals surface area contributed by atoms with E-state index in [0.717, 1.165) is 6.42 Å². The molecule has 0 amide bonds. The summed E-state index contributed by atoms with van der Waals surface area (Å²) in [7, 11) is 12.8. The van der Waals surface area contributed by atoms with Gasteiger partial charge < -0.3 is 0 Å². The number of allylic oxidation sites excluding steroid dienone is 5. The van der Waals surface area contributed by atoms with Crippen molar-refractivity contribution < 1.29 is 0 Å². The molecule has 0 unspecified atom stereocenters. The van der Waals surface area contributed by atoms with Gasteiger partial charge in [0.1, 0.15) is 0 Å². The summed E-state index contributed by atoms with van der Waals surface area (Å²) in [6.07, 6.45) is 11.7. The van der Waals surface area contributed by atoms with Crippen molar-refractivity contribution in [3.8, 4) is 0 Å². The van der Waals surface area contributed by atoms with E-state index in [4.69, 9.17) is 0 Å². The predicted octanol–water partition coefficient (Wildman–Crippen LogP) is 6.64. The van der Waals surface area contributed by atoms with Crippen molar-refractivity contribution in [1.82, 2.24) is 0 Å². The normalized spacial score (nSPS) is 22.9. The quantitative estimate of drug-likeness (QED) is 0.451. The SMILES string of the molecule is C1=C/C=C/CCSSSSSSSC=C1. The predicted molar refractivity (Wildman–Crippen MR) is 90.0 cm³/mol. The molecule has 0 aromatic heterocycles. The van der Waals surface area contributed by atoms with Gasteiger partial charge in [-0.2, -0.15) is 0 Å². The summed E-state index contributed by atoms with van der Waals surface area (Å²) >= 11 is 0. The molecule has 15 heavy (non-hydrogen) atoms. The molecule has 0 spiro atoms. The van der Waals surface area contributed by atoms with E-state index in [-0.39, 0.29) is 0 Å². The third-order valence-electron chi connectivity index (χ3n) is 1.17. The molecule has 0 aromatic carbocycles. The fourth-order valence-electron chi connectivity index (χ4n) is 0.623. The summed E-state index contributed by atoms with van der Waals surface area (Å²) in [4.78, 5) is 0. The van der Waals surface area contributed by atoms with Crippen molar-refractivity contribution in [3.05, 3.63) is 35.8 Å². The lowest BCUT2D eigenvalue weighted by atomic mass is 10.4. The van der Waals surface area contributed by atoms with E-state index in [0.29, 0.717) is 0 Å². The Morgan fingerprint density at radius 2 is 1.53 bits per heavy atom. The Bertz CT molecular complexity index is 201. The van der Waals surface area contributed by atoms with Gasteiger partial charge >= 0.3 is 0 Å². The standard InChI is InChI=1S/C8H10S7/c1-2-4-6-8-10-12-14-15-13-11-9-7-5-3-1/h1-5,7H,6,8H2/b3-1?,4-2+,7-5?. The van der Waals surface area contributed by atoms with Crippen LogP contribution >= 0.6 is 70.7 Å². The maximum atomic E-state index is 2.21. The second-order valence-corrected chi connectivity index (χ2v) is 13.4. The molecule has 0 saturated heterocycles. The topological polar surface area (TPSA) is 0 Å². The van der Waals surface area contributed by atoms with E-state index >= 15 is 0 Å². The Balaban J connectivity index is 2.25. The highest BCUT2D eigenvalue weighted by Crippen LogP contribution is 2.55. The summed E-state index contributed by atoms with van der Waals surface area (Å²) in [5, 5.41) is 2.11. The van der Waals surface area contributed by atoms with Crippen LogP contribution in [0.5, 0.6) is 0 Å². The Morgan fingerprint density at radius 1 is 0.733 bits per heavy atom. The molecule has 0 saturated carbocycles. The maximum Gasteiger partial charge on any atom is 0.00801 e. The van der Waals surface area contributed by atoms with Crippen LogP contribution in [0.4, 0.5) is 0 Å². The molecule has 0 atom stereocenters. The highest BCUT2D eigenvalue weighted by Gasteiger charge is 1.94. The zero-order valence-electron chi connectivity index (χ0n) is 7.74. The van der Waals surface area contributed by atoms with E-state index in [9.17, 15) is 0 Å². The number of hydrogen-bond donors (Lipinski definition) is 0. The zero-order chi connectivity index (χ0) is 10.6. The minimum atomic E-state index is 1.15. The van der Waals surface area contributed by atoms with Crippen LogP contribution in [0.3, 0.4) is 0 Å². The van der Waals surface area contributed by atoms with Crippen LogP contribution in [-0.2, 0) is 0 Å². The van der Waals surface area contributed by atoms with Gasteiger partial charge in [0, 0.05) is 5.75 Å². The fourth-order valence-corrected chi connectivity index (χ4v) is 14.1. The lowest BCUT2D eigenvalue weighted by Gasteiger charge is -1.96. The van der Waals surface area contributed by atoms with Crippen LogP contribution in [0, 0.1) is 0 Å². The number of rotatable bonds is 0. The first kappa shape index (κ1) is 14.7. The van der Waals surface area contributed by atoms with Crippen molar-refractivity contribution >= 4 is 70.7 Å². The van der Waals surface area contributed by atoms with Crippen LogP contribution < -0.4 is 0 Å². The summed E-state index contributed by atoms with van der Waals surface area (Å²) in [6, 6.07) is 0. The molecule has 0 aliphatic carbocycles. The molecule has 1 rings (SSSR count). The van der Waals surface area contributed by atoms with Crippen LogP contribution in [0.1, 0.15) is 6.42 Å². The third kappa shape index (κ3) is 10.5. The van der Waals surface area contributed by atoms with E-state index in [1.54, 1.807) is 20.6 Å². The zero-order valence-corrected chi connectivity index (χ0v) is 13.5. The summed E-state index contributed by atoms with van der Waals surface area (Å²) < 4.78 is 0. The Hall–Kier alpha value is 1.67. The summed E-state index contributed by atoms with van der Waals surface area (Å²) in [5.41, 5.74) is 0. The van der Waals surface area contributed by atoms with Gasteiger partial charge in [-0.05, 0) is 61.0 Å². The van der Waals surface area contributed by atoms with Gasteiger partial charge in [-0.1, -0.05) is 52.0 Å². The minimum Gasteiger partial charge on any atom is -0.0837 e.